The fourth-order valence-electron chi connectivity index (χ4n) is 3.46. The third kappa shape index (κ3) is 4.66. The Morgan fingerprint density at radius 3 is 2.84 bits per heavy atom. The molecule has 1 aromatic carbocycles. The lowest BCUT2D eigenvalue weighted by Gasteiger charge is -2.12. The molecule has 9 heteroatoms. The van der Waals surface area contributed by atoms with Crippen molar-refractivity contribution in [3.05, 3.63) is 67.0 Å². The van der Waals surface area contributed by atoms with Crippen molar-refractivity contribution in [1.82, 2.24) is 34.4 Å². The number of amides is 1. The molecule has 0 spiro atoms. The van der Waals surface area contributed by atoms with Crippen molar-refractivity contribution in [2.45, 2.75) is 25.9 Å². The molecule has 0 radical (unpaired) electrons. The van der Waals surface area contributed by atoms with Gasteiger partial charge in [-0.3, -0.25) is 18.7 Å². The van der Waals surface area contributed by atoms with Crippen LogP contribution < -0.4 is 10.1 Å². The Kier molecular flexibility index (Phi) is 6.11. The van der Waals surface area contributed by atoms with E-state index in [0.717, 1.165) is 34.8 Å². The second kappa shape index (κ2) is 9.29. The minimum atomic E-state index is 0.0368. The number of aromatic nitrogens is 6. The maximum absolute atomic E-state index is 11.4. The number of nitrogens with zero attached hydrogens (tertiary/aromatic N) is 6. The fraction of sp³-hybridized carbons (Fsp3) is 0.273. The normalized spacial score (nSPS) is 10.9. The van der Waals surface area contributed by atoms with Crippen LogP contribution in [-0.2, 0) is 17.9 Å². The third-order valence-corrected chi connectivity index (χ3v) is 5.04. The van der Waals surface area contributed by atoms with Gasteiger partial charge in [0.15, 0.2) is 0 Å². The quantitative estimate of drug-likeness (QED) is 0.450. The number of imidazole rings is 1. The lowest BCUT2D eigenvalue weighted by Crippen LogP contribution is -2.17. The summed E-state index contributed by atoms with van der Waals surface area (Å²) in [6.07, 6.45) is 12.3. The van der Waals surface area contributed by atoms with E-state index in [1.54, 1.807) is 32.7 Å². The average Bonchev–Trinajstić information content (AvgIpc) is 3.55. The van der Waals surface area contributed by atoms with Gasteiger partial charge in [0, 0.05) is 62.1 Å². The van der Waals surface area contributed by atoms with E-state index in [0.29, 0.717) is 19.5 Å². The summed E-state index contributed by atoms with van der Waals surface area (Å²) in [5.74, 6) is 1.66. The molecule has 4 rings (SSSR count). The molecule has 0 fully saturated rings. The van der Waals surface area contributed by atoms with Gasteiger partial charge in [-0.25, -0.2) is 4.98 Å². The number of benzene rings is 1. The van der Waals surface area contributed by atoms with Crippen molar-refractivity contribution < 1.29 is 9.53 Å². The van der Waals surface area contributed by atoms with Gasteiger partial charge in [0.2, 0.25) is 5.91 Å². The number of carbonyl (C=O) groups is 1. The molecule has 0 bridgehead atoms. The minimum absolute atomic E-state index is 0.0368. The molecule has 0 aliphatic carbocycles. The molecule has 0 aliphatic heterocycles. The first-order chi connectivity index (χ1) is 15.2. The largest absolute Gasteiger partial charge is 0.496 e. The number of ether oxygens (including phenoxy) is 1. The van der Waals surface area contributed by atoms with Gasteiger partial charge in [-0.1, -0.05) is 0 Å². The SMILES string of the molecule is CNC(=O)CCCn1cc(-n2ccnc2-c2ccc(OC)c(Cn3cccn3)c2)cn1. The van der Waals surface area contributed by atoms with Crippen LogP contribution in [-0.4, -0.2) is 49.2 Å². The Morgan fingerprint density at radius 1 is 1.16 bits per heavy atom. The first-order valence-corrected chi connectivity index (χ1v) is 10.1. The van der Waals surface area contributed by atoms with Crippen LogP contribution >= 0.6 is 0 Å². The summed E-state index contributed by atoms with van der Waals surface area (Å²) in [7, 11) is 3.32. The highest BCUT2D eigenvalue weighted by atomic mass is 16.5. The molecule has 3 heterocycles. The van der Waals surface area contributed by atoms with Gasteiger partial charge in [-0.2, -0.15) is 10.2 Å². The van der Waals surface area contributed by atoms with E-state index in [2.05, 4.69) is 26.6 Å². The Morgan fingerprint density at radius 2 is 2.06 bits per heavy atom. The number of carbonyl (C=O) groups excluding carboxylic acids is 1. The summed E-state index contributed by atoms with van der Waals surface area (Å²) in [5, 5.41) is 11.4. The molecule has 1 amide bonds. The summed E-state index contributed by atoms with van der Waals surface area (Å²) in [6, 6.07) is 7.93. The van der Waals surface area contributed by atoms with Crippen molar-refractivity contribution in [2.24, 2.45) is 0 Å². The maximum Gasteiger partial charge on any atom is 0.219 e. The zero-order valence-corrected chi connectivity index (χ0v) is 17.6. The molecule has 0 aliphatic rings. The van der Waals surface area contributed by atoms with Crippen LogP contribution in [0.4, 0.5) is 0 Å². The second-order valence-electron chi connectivity index (χ2n) is 7.09. The van der Waals surface area contributed by atoms with Crippen molar-refractivity contribution in [1.29, 1.82) is 0 Å². The Bertz CT molecular complexity index is 1140. The van der Waals surface area contributed by atoms with E-state index in [-0.39, 0.29) is 5.91 Å². The molecular formula is C22H25N7O2. The van der Waals surface area contributed by atoms with E-state index < -0.39 is 0 Å². The number of methoxy groups -OCH3 is 1. The minimum Gasteiger partial charge on any atom is -0.496 e. The third-order valence-electron chi connectivity index (χ3n) is 5.04. The van der Waals surface area contributed by atoms with Gasteiger partial charge in [-0.15, -0.1) is 0 Å². The molecule has 1 N–H and O–H groups in total. The van der Waals surface area contributed by atoms with Gasteiger partial charge in [0.1, 0.15) is 11.6 Å². The molecule has 0 unspecified atom stereocenters. The van der Waals surface area contributed by atoms with E-state index >= 15 is 0 Å². The monoisotopic (exact) mass is 419 g/mol. The van der Waals surface area contributed by atoms with Gasteiger partial charge < -0.3 is 10.1 Å². The average molecular weight is 419 g/mol. The van der Waals surface area contributed by atoms with Gasteiger partial charge in [-0.05, 0) is 30.7 Å². The summed E-state index contributed by atoms with van der Waals surface area (Å²) in [4.78, 5) is 16.0. The van der Waals surface area contributed by atoms with Crippen LogP contribution in [0.3, 0.4) is 0 Å². The molecule has 9 nitrogen and oxygen atoms in total. The summed E-state index contributed by atoms with van der Waals surface area (Å²) >= 11 is 0. The lowest BCUT2D eigenvalue weighted by molar-refractivity contribution is -0.120. The first-order valence-electron chi connectivity index (χ1n) is 10.1. The lowest BCUT2D eigenvalue weighted by atomic mass is 10.1. The molecule has 0 saturated carbocycles. The molecule has 160 valence electrons. The number of nitrogens with one attached hydrogen (secondary N) is 1. The van der Waals surface area contributed by atoms with Gasteiger partial charge in [0.05, 0.1) is 25.5 Å². The molecule has 4 aromatic rings. The fourth-order valence-corrected chi connectivity index (χ4v) is 3.46. The highest BCUT2D eigenvalue weighted by molar-refractivity contribution is 5.75. The number of rotatable bonds is 9. The van der Waals surface area contributed by atoms with E-state index in [1.807, 2.05) is 50.7 Å². The Balaban J connectivity index is 1.56. The van der Waals surface area contributed by atoms with Crippen molar-refractivity contribution in [3.63, 3.8) is 0 Å². The van der Waals surface area contributed by atoms with Crippen molar-refractivity contribution >= 4 is 5.91 Å². The van der Waals surface area contributed by atoms with Crippen LogP contribution in [0.15, 0.2) is 61.4 Å². The summed E-state index contributed by atoms with van der Waals surface area (Å²) in [6.45, 7) is 1.28. The van der Waals surface area contributed by atoms with Crippen LogP contribution in [0.2, 0.25) is 0 Å². The van der Waals surface area contributed by atoms with E-state index in [1.165, 1.54) is 0 Å². The van der Waals surface area contributed by atoms with E-state index in [4.69, 9.17) is 4.74 Å². The highest BCUT2D eigenvalue weighted by Gasteiger charge is 2.13. The van der Waals surface area contributed by atoms with Crippen LogP contribution in [0, 0.1) is 0 Å². The van der Waals surface area contributed by atoms with Crippen LogP contribution in [0.5, 0.6) is 5.75 Å². The van der Waals surface area contributed by atoms with Gasteiger partial charge >= 0.3 is 0 Å². The first kappa shape index (κ1) is 20.4. The predicted molar refractivity (Wildman–Crippen MR) is 116 cm³/mol. The number of aryl methyl sites for hydroxylation is 1. The molecule has 31 heavy (non-hydrogen) atoms. The summed E-state index contributed by atoms with van der Waals surface area (Å²) in [5.41, 5.74) is 2.90. The predicted octanol–water partition coefficient (Wildman–Crippen LogP) is 2.52. The molecule has 0 atom stereocenters. The highest BCUT2D eigenvalue weighted by Crippen LogP contribution is 2.28. The smallest absolute Gasteiger partial charge is 0.219 e. The number of hydrogen-bond acceptors (Lipinski definition) is 5. The topological polar surface area (TPSA) is 91.8 Å². The zero-order valence-electron chi connectivity index (χ0n) is 17.6. The van der Waals surface area contributed by atoms with E-state index in [9.17, 15) is 4.79 Å². The Hall–Kier alpha value is -3.88. The standard InChI is InChI=1S/C22H25N7O2/c1-23-21(30)5-3-10-28-16-19(14-26-28)29-12-9-24-22(29)17-6-7-20(31-2)18(13-17)15-27-11-4-8-25-27/h4,6-9,11-14,16H,3,5,10,15H2,1-2H3,(H,23,30). The van der Waals surface area contributed by atoms with Gasteiger partial charge in [0.25, 0.3) is 0 Å². The molecular weight excluding hydrogens is 394 g/mol. The Labute approximate surface area is 180 Å². The van der Waals surface area contributed by atoms with Crippen LogP contribution in [0.25, 0.3) is 17.1 Å². The molecule has 3 aromatic heterocycles. The van der Waals surface area contributed by atoms with Crippen molar-refractivity contribution in [3.8, 4) is 22.8 Å². The maximum atomic E-state index is 11.4. The summed E-state index contributed by atoms with van der Waals surface area (Å²) < 4.78 is 11.2. The van der Waals surface area contributed by atoms with Crippen LogP contribution in [0.1, 0.15) is 18.4 Å². The zero-order chi connectivity index (χ0) is 21.6. The van der Waals surface area contributed by atoms with Crippen molar-refractivity contribution in [2.75, 3.05) is 14.2 Å². The second-order valence-corrected chi connectivity index (χ2v) is 7.09. The number of hydrogen-bond donors (Lipinski definition) is 1. The molecule has 0 saturated heterocycles.